The van der Waals surface area contributed by atoms with E-state index in [-0.39, 0.29) is 17.6 Å². The van der Waals surface area contributed by atoms with E-state index >= 15 is 0 Å². The summed E-state index contributed by atoms with van der Waals surface area (Å²) in [6, 6.07) is 5.44. The first kappa shape index (κ1) is 22.7. The summed E-state index contributed by atoms with van der Waals surface area (Å²) in [5.41, 5.74) is 0.248. The topological polar surface area (TPSA) is 62.8 Å². The third-order valence-corrected chi connectivity index (χ3v) is 8.40. The van der Waals surface area contributed by atoms with Crippen LogP contribution in [0.15, 0.2) is 12.1 Å². The first-order valence-corrected chi connectivity index (χ1v) is 13.0. The first-order valence-electron chi connectivity index (χ1n) is 12.7. The van der Waals surface area contributed by atoms with Crippen molar-refractivity contribution in [3.63, 3.8) is 0 Å². The molecule has 0 amide bonds. The Bertz CT molecular complexity index is 1030. The molecule has 4 fully saturated rings. The van der Waals surface area contributed by atoms with Crippen LogP contribution in [0.5, 0.6) is 6.01 Å². The molecule has 1 aromatic heterocycles. The smallest absolute Gasteiger partial charge is 0.319 e. The lowest BCUT2D eigenvalue weighted by molar-refractivity contribution is 0.00540. The van der Waals surface area contributed by atoms with Crippen LogP contribution in [0, 0.1) is 5.82 Å². The van der Waals surface area contributed by atoms with Crippen LogP contribution in [-0.2, 0) is 4.74 Å². The molecule has 1 aromatic carbocycles. The SMILES string of the molecule is CO[C@@H](COc1nc(N2C[C@H]3CC[C@@H](C2)N3)c2cc(Cl)cc(F)c2n1)CN1C2CCCC1CC2. The van der Waals surface area contributed by atoms with Crippen LogP contribution in [0.25, 0.3) is 10.9 Å². The lowest BCUT2D eigenvalue weighted by atomic mass is 10.0. The number of benzene rings is 1. The number of nitrogens with zero attached hydrogens (tertiary/aromatic N) is 4. The standard InChI is InChI=1S/C25H33ClFN5O2/c1-33-20(13-32-18-3-2-4-19(32)8-7-18)14-34-25-29-23-21(9-15(26)10-22(23)27)24(30-25)31-11-16-5-6-17(12-31)28-16/h9-10,16-20,28H,2-8,11-14H2,1H3/t16-,17+,18?,19?,20-/m1/s1. The molecule has 0 radical (unpaired) electrons. The summed E-state index contributed by atoms with van der Waals surface area (Å²) in [5, 5.41) is 4.61. The Morgan fingerprint density at radius 1 is 1.09 bits per heavy atom. The van der Waals surface area contributed by atoms with Gasteiger partial charge in [-0.2, -0.15) is 9.97 Å². The lowest BCUT2D eigenvalue weighted by Crippen LogP contribution is -2.51. The predicted molar refractivity (Wildman–Crippen MR) is 130 cm³/mol. The number of hydrogen-bond acceptors (Lipinski definition) is 7. The quantitative estimate of drug-likeness (QED) is 0.635. The van der Waals surface area contributed by atoms with Crippen LogP contribution in [0.1, 0.15) is 44.9 Å². The van der Waals surface area contributed by atoms with Gasteiger partial charge >= 0.3 is 6.01 Å². The minimum atomic E-state index is -0.456. The highest BCUT2D eigenvalue weighted by molar-refractivity contribution is 6.31. The number of piperazine rings is 1. The molecule has 9 heteroatoms. The monoisotopic (exact) mass is 489 g/mol. The molecule has 4 saturated heterocycles. The molecule has 2 aromatic rings. The third-order valence-electron chi connectivity index (χ3n) is 8.19. The van der Waals surface area contributed by atoms with E-state index in [9.17, 15) is 4.39 Å². The Morgan fingerprint density at radius 3 is 2.53 bits per heavy atom. The van der Waals surface area contributed by atoms with Crippen molar-refractivity contribution in [2.45, 2.75) is 75.2 Å². The normalized spacial score (nSPS) is 29.7. The molecular formula is C25H33ClFN5O2. The number of fused-ring (bicyclic) bond motifs is 5. The van der Waals surface area contributed by atoms with E-state index in [0.29, 0.717) is 47.0 Å². The molecule has 4 aliphatic heterocycles. The van der Waals surface area contributed by atoms with Crippen LogP contribution in [0.4, 0.5) is 10.2 Å². The molecule has 4 aliphatic rings. The molecule has 0 saturated carbocycles. The summed E-state index contributed by atoms with van der Waals surface area (Å²) < 4.78 is 26.8. The fraction of sp³-hybridized carbons (Fsp3) is 0.680. The maximum absolute atomic E-state index is 14.9. The van der Waals surface area contributed by atoms with Crippen LogP contribution >= 0.6 is 11.6 Å². The molecule has 2 unspecified atom stereocenters. The van der Waals surface area contributed by atoms with Crippen molar-refractivity contribution >= 4 is 28.3 Å². The van der Waals surface area contributed by atoms with Gasteiger partial charge in [0.2, 0.25) is 0 Å². The fourth-order valence-corrected chi connectivity index (χ4v) is 6.72. The van der Waals surface area contributed by atoms with E-state index in [0.717, 1.165) is 32.5 Å². The molecule has 0 aliphatic carbocycles. The second-order valence-electron chi connectivity index (χ2n) is 10.3. The second kappa shape index (κ2) is 9.37. The van der Waals surface area contributed by atoms with Gasteiger partial charge in [0, 0.05) is 61.3 Å². The zero-order valence-electron chi connectivity index (χ0n) is 19.7. The van der Waals surface area contributed by atoms with Crippen LogP contribution in [0.2, 0.25) is 5.02 Å². The minimum absolute atomic E-state index is 0.0888. The molecule has 34 heavy (non-hydrogen) atoms. The fourth-order valence-electron chi connectivity index (χ4n) is 6.52. The van der Waals surface area contributed by atoms with E-state index in [1.165, 1.54) is 38.2 Å². The van der Waals surface area contributed by atoms with Crippen LogP contribution < -0.4 is 15.0 Å². The summed E-state index contributed by atoms with van der Waals surface area (Å²) in [7, 11) is 1.73. The van der Waals surface area contributed by atoms with Gasteiger partial charge in [0.25, 0.3) is 0 Å². The number of hydrogen-bond donors (Lipinski definition) is 1. The zero-order valence-corrected chi connectivity index (χ0v) is 20.4. The first-order chi connectivity index (χ1) is 16.6. The van der Waals surface area contributed by atoms with Crippen molar-refractivity contribution in [3.05, 3.63) is 23.0 Å². The van der Waals surface area contributed by atoms with Gasteiger partial charge in [-0.1, -0.05) is 18.0 Å². The molecule has 1 N–H and O–H groups in total. The molecule has 4 bridgehead atoms. The molecule has 7 nitrogen and oxygen atoms in total. The molecule has 184 valence electrons. The second-order valence-corrected chi connectivity index (χ2v) is 10.8. The summed E-state index contributed by atoms with van der Waals surface area (Å²) >= 11 is 6.21. The number of rotatable bonds is 7. The van der Waals surface area contributed by atoms with E-state index in [2.05, 4.69) is 20.1 Å². The van der Waals surface area contributed by atoms with Crippen molar-refractivity contribution < 1.29 is 13.9 Å². The molecule has 5 atom stereocenters. The average molecular weight is 490 g/mol. The molecular weight excluding hydrogens is 457 g/mol. The van der Waals surface area contributed by atoms with Gasteiger partial charge in [-0.15, -0.1) is 0 Å². The van der Waals surface area contributed by atoms with Gasteiger partial charge in [-0.3, -0.25) is 4.90 Å². The number of methoxy groups -OCH3 is 1. The Morgan fingerprint density at radius 2 is 1.82 bits per heavy atom. The predicted octanol–water partition coefficient (Wildman–Crippen LogP) is 3.77. The summed E-state index contributed by atoms with van der Waals surface area (Å²) in [6.07, 6.45) is 8.67. The highest BCUT2D eigenvalue weighted by atomic mass is 35.5. The van der Waals surface area contributed by atoms with Crippen molar-refractivity contribution in [2.75, 3.05) is 38.3 Å². The number of aromatic nitrogens is 2. The summed E-state index contributed by atoms with van der Waals surface area (Å²) in [6.45, 7) is 2.83. The van der Waals surface area contributed by atoms with Crippen molar-refractivity contribution in [1.82, 2.24) is 20.2 Å². The largest absolute Gasteiger partial charge is 0.461 e. The molecule has 6 rings (SSSR count). The number of halogens is 2. The highest BCUT2D eigenvalue weighted by Crippen LogP contribution is 2.36. The maximum atomic E-state index is 14.9. The Kier molecular flexibility index (Phi) is 6.26. The number of piperidine rings is 1. The Hall–Kier alpha value is -1.74. The van der Waals surface area contributed by atoms with Crippen molar-refractivity contribution in [1.29, 1.82) is 0 Å². The number of ether oxygens (including phenoxy) is 2. The summed E-state index contributed by atoms with van der Waals surface area (Å²) in [4.78, 5) is 14.0. The van der Waals surface area contributed by atoms with E-state index in [1.807, 2.05) is 0 Å². The summed E-state index contributed by atoms with van der Waals surface area (Å²) in [5.74, 6) is 0.241. The minimum Gasteiger partial charge on any atom is -0.461 e. The van der Waals surface area contributed by atoms with E-state index < -0.39 is 5.82 Å². The number of anilines is 1. The lowest BCUT2D eigenvalue weighted by Gasteiger charge is -2.36. The zero-order chi connectivity index (χ0) is 23.2. The van der Waals surface area contributed by atoms with E-state index in [1.54, 1.807) is 13.2 Å². The number of nitrogens with one attached hydrogen (secondary N) is 1. The van der Waals surface area contributed by atoms with Gasteiger partial charge in [-0.25, -0.2) is 4.39 Å². The van der Waals surface area contributed by atoms with Gasteiger partial charge in [0.15, 0.2) is 5.82 Å². The Labute approximate surface area is 204 Å². The van der Waals surface area contributed by atoms with Crippen molar-refractivity contribution in [2.24, 2.45) is 0 Å². The highest BCUT2D eigenvalue weighted by Gasteiger charge is 2.38. The molecule has 5 heterocycles. The maximum Gasteiger partial charge on any atom is 0.319 e. The van der Waals surface area contributed by atoms with Crippen LogP contribution in [0.3, 0.4) is 0 Å². The van der Waals surface area contributed by atoms with Crippen LogP contribution in [-0.4, -0.2) is 78.5 Å². The Balaban J connectivity index is 1.24. The van der Waals surface area contributed by atoms with Gasteiger partial charge < -0.3 is 19.7 Å². The molecule has 0 spiro atoms. The van der Waals surface area contributed by atoms with Gasteiger partial charge in [0.1, 0.15) is 24.0 Å². The third kappa shape index (κ3) is 4.34. The average Bonchev–Trinajstić information content (AvgIpc) is 3.26. The van der Waals surface area contributed by atoms with Crippen molar-refractivity contribution in [3.8, 4) is 6.01 Å². The van der Waals surface area contributed by atoms with Gasteiger partial charge in [0.05, 0.1) is 0 Å². The van der Waals surface area contributed by atoms with Gasteiger partial charge in [-0.05, 0) is 50.7 Å². The van der Waals surface area contributed by atoms with E-state index in [4.69, 9.17) is 26.1 Å².